The van der Waals surface area contributed by atoms with Crippen LogP contribution in [0.25, 0.3) is 32.7 Å². The molecule has 0 bridgehead atoms. The molecule has 0 radical (unpaired) electrons. The number of carbonyl (C=O) groups excluding carboxylic acids is 1. The molecule has 0 unspecified atom stereocenters. The van der Waals surface area contributed by atoms with Gasteiger partial charge >= 0.3 is 0 Å². The van der Waals surface area contributed by atoms with Crippen molar-refractivity contribution < 1.29 is 4.79 Å². The topological polar surface area (TPSA) is 42.0 Å². The molecular weight excluding hydrogens is 531 g/mol. The highest BCUT2D eigenvalue weighted by molar-refractivity contribution is 7.80. The summed E-state index contributed by atoms with van der Waals surface area (Å²) in [5.41, 5.74) is 3.30. The number of pyridine rings is 1. The molecule has 200 valence electrons. The largest absolute Gasteiger partial charge is 0.320 e. The molecule has 3 nitrogen and oxygen atoms in total. The lowest BCUT2D eigenvalue weighted by molar-refractivity contribution is 0.102. The van der Waals surface area contributed by atoms with Crippen LogP contribution in [-0.4, -0.2) is 10.9 Å². The number of nitrogens with zero attached hydrogens (tertiary/aromatic N) is 1. The molecule has 0 saturated carbocycles. The number of nitrogens with one attached hydrogen (secondary N) is 1. The van der Waals surface area contributed by atoms with Crippen molar-refractivity contribution in [2.45, 2.75) is 0 Å². The number of amides is 1. The van der Waals surface area contributed by atoms with Crippen LogP contribution in [0.5, 0.6) is 0 Å². The van der Waals surface area contributed by atoms with Crippen LogP contribution in [0.1, 0.15) is 10.5 Å². The number of rotatable bonds is 6. The predicted molar refractivity (Wildman–Crippen MR) is 178 cm³/mol. The Balaban J connectivity index is 1.56. The second-order valence-electron chi connectivity index (χ2n) is 10.1. The Hall–Kier alpha value is -5.11. The SMILES string of the molecule is O=C(Nc1ccc2ccccc2c1-c1c(P(c2ccccc2)c2ccccc2)ccc2ccccc12)c1ccccn1. The van der Waals surface area contributed by atoms with E-state index in [0.717, 1.165) is 38.4 Å². The smallest absolute Gasteiger partial charge is 0.274 e. The van der Waals surface area contributed by atoms with E-state index in [4.69, 9.17) is 0 Å². The Morgan fingerprint density at radius 1 is 0.524 bits per heavy atom. The standard InChI is InChI=1S/C38H27N2OP/c41-38(34-21-11-12-26-39-34)40-33-24-22-27-13-7-9-19-31(27)36(33)37-32-20-10-8-14-28(32)23-25-35(37)42(29-15-3-1-4-16-29)30-17-5-2-6-18-30/h1-26H,(H,40,41). The number of aromatic nitrogens is 1. The first-order chi connectivity index (χ1) is 20.8. The van der Waals surface area contributed by atoms with Gasteiger partial charge in [0.1, 0.15) is 5.69 Å². The van der Waals surface area contributed by atoms with E-state index in [-0.39, 0.29) is 5.91 Å². The second kappa shape index (κ2) is 11.4. The number of benzene rings is 6. The molecule has 4 heteroatoms. The molecule has 0 aliphatic heterocycles. The zero-order valence-corrected chi connectivity index (χ0v) is 23.7. The average Bonchev–Trinajstić information content (AvgIpc) is 3.06. The van der Waals surface area contributed by atoms with Gasteiger partial charge in [-0.3, -0.25) is 9.78 Å². The summed E-state index contributed by atoms with van der Waals surface area (Å²) < 4.78 is 0. The third-order valence-electron chi connectivity index (χ3n) is 7.50. The maximum atomic E-state index is 13.5. The summed E-state index contributed by atoms with van der Waals surface area (Å²) in [6, 6.07) is 52.5. The Labute approximate surface area is 246 Å². The number of carbonyl (C=O) groups is 1. The van der Waals surface area contributed by atoms with E-state index in [1.807, 2.05) is 18.2 Å². The molecule has 0 aliphatic rings. The monoisotopic (exact) mass is 558 g/mol. The summed E-state index contributed by atoms with van der Waals surface area (Å²) in [5.74, 6) is -0.234. The third kappa shape index (κ3) is 4.85. The molecule has 0 fully saturated rings. The van der Waals surface area contributed by atoms with Crippen LogP contribution in [0.4, 0.5) is 5.69 Å². The summed E-state index contributed by atoms with van der Waals surface area (Å²) in [4.78, 5) is 17.8. The molecule has 1 heterocycles. The zero-order chi connectivity index (χ0) is 28.3. The van der Waals surface area contributed by atoms with Crippen molar-refractivity contribution in [3.8, 4) is 11.1 Å². The zero-order valence-electron chi connectivity index (χ0n) is 22.8. The summed E-state index contributed by atoms with van der Waals surface area (Å²) in [7, 11) is -0.921. The van der Waals surface area contributed by atoms with Crippen LogP contribution in [0.2, 0.25) is 0 Å². The van der Waals surface area contributed by atoms with Gasteiger partial charge in [0.25, 0.3) is 5.91 Å². The average molecular weight is 559 g/mol. The molecule has 42 heavy (non-hydrogen) atoms. The van der Waals surface area contributed by atoms with Gasteiger partial charge in [0.15, 0.2) is 0 Å². The summed E-state index contributed by atoms with van der Waals surface area (Å²) >= 11 is 0. The first-order valence-corrected chi connectivity index (χ1v) is 15.3. The van der Waals surface area contributed by atoms with E-state index < -0.39 is 7.92 Å². The van der Waals surface area contributed by atoms with Crippen molar-refractivity contribution >= 4 is 57.0 Å². The Morgan fingerprint density at radius 3 is 1.69 bits per heavy atom. The van der Waals surface area contributed by atoms with Crippen LogP contribution >= 0.6 is 7.92 Å². The summed E-state index contributed by atoms with van der Waals surface area (Å²) in [6.45, 7) is 0. The molecule has 7 aromatic rings. The van der Waals surface area contributed by atoms with Crippen LogP contribution in [0, 0.1) is 0 Å². The fraction of sp³-hybridized carbons (Fsp3) is 0. The Bertz CT molecular complexity index is 1990. The second-order valence-corrected chi connectivity index (χ2v) is 12.3. The van der Waals surface area contributed by atoms with Gasteiger partial charge in [-0.15, -0.1) is 0 Å². The highest BCUT2D eigenvalue weighted by atomic mass is 31.1. The molecule has 6 aromatic carbocycles. The lowest BCUT2D eigenvalue weighted by atomic mass is 9.92. The van der Waals surface area contributed by atoms with Gasteiger partial charge in [-0.05, 0) is 63.6 Å². The van der Waals surface area contributed by atoms with Gasteiger partial charge in [-0.2, -0.15) is 0 Å². The normalized spacial score (nSPS) is 11.2. The minimum absolute atomic E-state index is 0.234. The number of hydrogen-bond donors (Lipinski definition) is 1. The third-order valence-corrected chi connectivity index (χ3v) is 9.99. The van der Waals surface area contributed by atoms with Crippen molar-refractivity contribution in [2.24, 2.45) is 0 Å². The molecule has 1 amide bonds. The first kappa shape index (κ1) is 25.8. The van der Waals surface area contributed by atoms with Gasteiger partial charge in [-0.1, -0.05) is 133 Å². The van der Waals surface area contributed by atoms with E-state index in [0.29, 0.717) is 5.69 Å². The van der Waals surface area contributed by atoms with Gasteiger partial charge in [0.2, 0.25) is 0 Å². The first-order valence-electron chi connectivity index (χ1n) is 13.9. The highest BCUT2D eigenvalue weighted by Crippen LogP contribution is 2.44. The van der Waals surface area contributed by atoms with Gasteiger partial charge in [0.05, 0.1) is 0 Å². The van der Waals surface area contributed by atoms with Crippen LogP contribution in [0.3, 0.4) is 0 Å². The molecule has 0 saturated heterocycles. The molecule has 0 atom stereocenters. The van der Waals surface area contributed by atoms with Gasteiger partial charge in [-0.25, -0.2) is 0 Å². The minimum Gasteiger partial charge on any atom is -0.320 e. The number of fused-ring (bicyclic) bond motifs is 2. The molecular formula is C38H27N2OP. The van der Waals surface area contributed by atoms with E-state index >= 15 is 0 Å². The van der Waals surface area contributed by atoms with Crippen LogP contribution in [0.15, 0.2) is 158 Å². The van der Waals surface area contributed by atoms with E-state index in [1.165, 1.54) is 15.9 Å². The van der Waals surface area contributed by atoms with Crippen LogP contribution < -0.4 is 21.2 Å². The quantitative estimate of drug-likeness (QED) is 0.210. The molecule has 1 N–H and O–H groups in total. The number of hydrogen-bond acceptors (Lipinski definition) is 2. The van der Waals surface area contributed by atoms with Gasteiger partial charge < -0.3 is 5.32 Å². The minimum atomic E-state index is -0.921. The van der Waals surface area contributed by atoms with Gasteiger partial charge in [0, 0.05) is 23.0 Å². The molecule has 0 aliphatic carbocycles. The molecule has 1 aromatic heterocycles. The maximum absolute atomic E-state index is 13.5. The van der Waals surface area contributed by atoms with E-state index in [1.54, 1.807) is 12.3 Å². The highest BCUT2D eigenvalue weighted by Gasteiger charge is 2.25. The molecule has 0 spiro atoms. The maximum Gasteiger partial charge on any atom is 0.274 e. The summed E-state index contributed by atoms with van der Waals surface area (Å²) in [6.07, 6.45) is 1.64. The van der Waals surface area contributed by atoms with E-state index in [2.05, 4.69) is 138 Å². The fourth-order valence-corrected chi connectivity index (χ4v) is 8.09. The predicted octanol–water partition coefficient (Wildman–Crippen LogP) is 8.07. The van der Waals surface area contributed by atoms with Crippen molar-refractivity contribution in [3.05, 3.63) is 164 Å². The summed E-state index contributed by atoms with van der Waals surface area (Å²) in [5, 5.41) is 11.5. The lowest BCUT2D eigenvalue weighted by Crippen LogP contribution is -2.23. The fourth-order valence-electron chi connectivity index (χ4n) is 5.62. The molecule has 7 rings (SSSR count). The van der Waals surface area contributed by atoms with Crippen LogP contribution in [-0.2, 0) is 0 Å². The lowest BCUT2D eigenvalue weighted by Gasteiger charge is -2.26. The number of anilines is 1. The van der Waals surface area contributed by atoms with Crippen molar-refractivity contribution in [1.82, 2.24) is 4.98 Å². The Kier molecular flexibility index (Phi) is 7.02. The van der Waals surface area contributed by atoms with E-state index in [9.17, 15) is 4.79 Å². The van der Waals surface area contributed by atoms with Crippen molar-refractivity contribution in [1.29, 1.82) is 0 Å². The van der Waals surface area contributed by atoms with Crippen molar-refractivity contribution in [2.75, 3.05) is 5.32 Å². The Morgan fingerprint density at radius 2 is 1.07 bits per heavy atom. The van der Waals surface area contributed by atoms with Crippen molar-refractivity contribution in [3.63, 3.8) is 0 Å².